The van der Waals surface area contributed by atoms with Crippen LogP contribution in [0.4, 0.5) is 17.6 Å². The first-order chi connectivity index (χ1) is 16.3. The van der Waals surface area contributed by atoms with Crippen molar-refractivity contribution in [2.24, 2.45) is 0 Å². The van der Waals surface area contributed by atoms with Crippen LogP contribution >= 0.6 is 0 Å². The van der Waals surface area contributed by atoms with Crippen molar-refractivity contribution in [2.75, 3.05) is 13.7 Å². The summed E-state index contributed by atoms with van der Waals surface area (Å²) < 4.78 is 61.0. The normalized spacial score (nSPS) is 11.7. The lowest BCUT2D eigenvalue weighted by atomic mass is 9.98. The smallest absolute Gasteiger partial charge is 0.406 e. The standard InChI is InChI=1S/C27H23F4NO2/c1-33-15-14-19-5-13-25(32-17-19)22-9-12-24-21(16-22)8-7-20(26(24)28)6-2-18-3-10-23(11-4-18)34-27(29,30)31/h3-5,7-13,16-17H,2,6,14-15H2,1H3. The van der Waals surface area contributed by atoms with Crippen molar-refractivity contribution >= 4 is 10.8 Å². The van der Waals surface area contributed by atoms with E-state index in [-0.39, 0.29) is 11.6 Å². The van der Waals surface area contributed by atoms with Crippen LogP contribution in [-0.4, -0.2) is 25.1 Å². The first kappa shape index (κ1) is 23.7. The lowest BCUT2D eigenvalue weighted by molar-refractivity contribution is -0.274. The molecule has 0 atom stereocenters. The van der Waals surface area contributed by atoms with E-state index in [1.54, 1.807) is 31.4 Å². The van der Waals surface area contributed by atoms with Crippen LogP contribution in [0.5, 0.6) is 5.75 Å². The first-order valence-electron chi connectivity index (χ1n) is 10.8. The number of methoxy groups -OCH3 is 1. The second-order valence-corrected chi connectivity index (χ2v) is 7.96. The summed E-state index contributed by atoms with van der Waals surface area (Å²) in [6, 6.07) is 18.8. The highest BCUT2D eigenvalue weighted by molar-refractivity contribution is 5.88. The molecule has 1 heterocycles. The Hall–Kier alpha value is -3.45. The molecule has 176 valence electrons. The largest absolute Gasteiger partial charge is 0.573 e. The molecule has 1 aromatic heterocycles. The van der Waals surface area contributed by atoms with Gasteiger partial charge in [-0.2, -0.15) is 0 Å². The van der Waals surface area contributed by atoms with E-state index in [1.807, 2.05) is 36.5 Å². The second kappa shape index (κ2) is 10.2. The summed E-state index contributed by atoms with van der Waals surface area (Å²) in [5.74, 6) is -0.563. The number of aryl methyl sites for hydroxylation is 2. The van der Waals surface area contributed by atoms with Crippen LogP contribution in [0.1, 0.15) is 16.7 Å². The van der Waals surface area contributed by atoms with Gasteiger partial charge in [-0.3, -0.25) is 4.98 Å². The van der Waals surface area contributed by atoms with Gasteiger partial charge in [0, 0.05) is 24.3 Å². The van der Waals surface area contributed by atoms with Gasteiger partial charge in [0.2, 0.25) is 0 Å². The van der Waals surface area contributed by atoms with E-state index in [4.69, 9.17) is 4.74 Å². The van der Waals surface area contributed by atoms with E-state index in [1.165, 1.54) is 12.1 Å². The number of aromatic nitrogens is 1. The number of hydrogen-bond donors (Lipinski definition) is 0. The molecule has 0 amide bonds. The Morgan fingerprint density at radius 1 is 0.824 bits per heavy atom. The summed E-state index contributed by atoms with van der Waals surface area (Å²) in [4.78, 5) is 4.52. The summed E-state index contributed by atoms with van der Waals surface area (Å²) in [6.45, 7) is 0.635. The van der Waals surface area contributed by atoms with Gasteiger partial charge in [0.15, 0.2) is 0 Å². The van der Waals surface area contributed by atoms with Crippen molar-refractivity contribution in [1.82, 2.24) is 4.98 Å². The summed E-state index contributed by atoms with van der Waals surface area (Å²) in [5, 5.41) is 1.30. The summed E-state index contributed by atoms with van der Waals surface area (Å²) >= 11 is 0. The van der Waals surface area contributed by atoms with Gasteiger partial charge in [-0.05, 0) is 65.6 Å². The van der Waals surface area contributed by atoms with Crippen molar-refractivity contribution < 1.29 is 27.0 Å². The third kappa shape index (κ3) is 5.91. The number of fused-ring (bicyclic) bond motifs is 1. The van der Waals surface area contributed by atoms with Gasteiger partial charge < -0.3 is 9.47 Å². The predicted octanol–water partition coefficient (Wildman–Crippen LogP) is 6.91. The quantitative estimate of drug-likeness (QED) is 0.263. The van der Waals surface area contributed by atoms with E-state index >= 15 is 4.39 Å². The number of halogens is 4. The van der Waals surface area contributed by atoms with E-state index < -0.39 is 6.36 Å². The third-order valence-corrected chi connectivity index (χ3v) is 5.59. The monoisotopic (exact) mass is 469 g/mol. The van der Waals surface area contributed by atoms with Crippen LogP contribution < -0.4 is 4.74 Å². The fourth-order valence-corrected chi connectivity index (χ4v) is 3.79. The fourth-order valence-electron chi connectivity index (χ4n) is 3.79. The Morgan fingerprint density at radius 2 is 1.59 bits per heavy atom. The van der Waals surface area contributed by atoms with Crippen molar-refractivity contribution in [1.29, 1.82) is 0 Å². The first-order valence-corrected chi connectivity index (χ1v) is 10.8. The molecule has 0 aliphatic rings. The van der Waals surface area contributed by atoms with E-state index in [0.29, 0.717) is 30.4 Å². The second-order valence-electron chi connectivity index (χ2n) is 7.96. The topological polar surface area (TPSA) is 31.4 Å². The molecule has 0 unspecified atom stereocenters. The molecular weight excluding hydrogens is 446 g/mol. The molecule has 3 aromatic carbocycles. The molecular formula is C27H23F4NO2. The molecule has 0 N–H and O–H groups in total. The van der Waals surface area contributed by atoms with Crippen molar-refractivity contribution in [3.05, 3.63) is 95.4 Å². The molecule has 0 saturated heterocycles. The average Bonchev–Trinajstić information content (AvgIpc) is 2.82. The van der Waals surface area contributed by atoms with Gasteiger partial charge in [0.1, 0.15) is 11.6 Å². The van der Waals surface area contributed by atoms with E-state index in [2.05, 4.69) is 9.72 Å². The summed E-state index contributed by atoms with van der Waals surface area (Å²) in [7, 11) is 1.66. The number of alkyl halides is 3. The summed E-state index contributed by atoms with van der Waals surface area (Å²) in [6.07, 6.45) is -1.19. The van der Waals surface area contributed by atoms with Gasteiger partial charge in [0.25, 0.3) is 0 Å². The number of rotatable bonds is 8. The molecule has 0 saturated carbocycles. The van der Waals surface area contributed by atoms with Crippen molar-refractivity contribution in [2.45, 2.75) is 25.6 Å². The molecule has 0 spiro atoms. The zero-order valence-electron chi connectivity index (χ0n) is 18.5. The zero-order chi connectivity index (χ0) is 24.1. The molecule has 3 nitrogen and oxygen atoms in total. The minimum Gasteiger partial charge on any atom is -0.406 e. The molecule has 4 aromatic rings. The van der Waals surface area contributed by atoms with Crippen LogP contribution in [0.15, 0.2) is 72.9 Å². The molecule has 0 aliphatic carbocycles. The number of ether oxygens (including phenoxy) is 2. The SMILES string of the molecule is COCCc1ccc(-c2ccc3c(F)c(CCc4ccc(OC(F)(F)F)cc4)ccc3c2)nc1. The molecule has 0 bridgehead atoms. The van der Waals surface area contributed by atoms with E-state index in [9.17, 15) is 13.2 Å². The molecule has 4 rings (SSSR count). The Kier molecular flexibility index (Phi) is 7.12. The molecule has 7 heteroatoms. The fraction of sp³-hybridized carbons (Fsp3) is 0.222. The Morgan fingerprint density at radius 3 is 2.26 bits per heavy atom. The highest BCUT2D eigenvalue weighted by atomic mass is 19.4. The molecule has 0 radical (unpaired) electrons. The van der Waals surface area contributed by atoms with Crippen LogP contribution in [0.2, 0.25) is 0 Å². The minimum atomic E-state index is -4.72. The Labute approximate surface area is 195 Å². The lowest BCUT2D eigenvalue weighted by Crippen LogP contribution is -2.17. The van der Waals surface area contributed by atoms with Gasteiger partial charge in [0.05, 0.1) is 12.3 Å². The van der Waals surface area contributed by atoms with Gasteiger partial charge >= 0.3 is 6.36 Å². The Balaban J connectivity index is 1.46. The number of pyridine rings is 1. The van der Waals surface area contributed by atoms with Crippen LogP contribution in [0.25, 0.3) is 22.0 Å². The maximum Gasteiger partial charge on any atom is 0.573 e. The highest BCUT2D eigenvalue weighted by Gasteiger charge is 2.30. The van der Waals surface area contributed by atoms with E-state index in [0.717, 1.165) is 34.2 Å². The highest BCUT2D eigenvalue weighted by Crippen LogP contribution is 2.28. The lowest BCUT2D eigenvalue weighted by Gasteiger charge is -2.10. The molecule has 34 heavy (non-hydrogen) atoms. The van der Waals surface area contributed by atoms with Crippen LogP contribution in [0.3, 0.4) is 0 Å². The number of hydrogen-bond acceptors (Lipinski definition) is 3. The minimum absolute atomic E-state index is 0.275. The Bertz CT molecular complexity index is 1250. The third-order valence-electron chi connectivity index (χ3n) is 5.59. The zero-order valence-corrected chi connectivity index (χ0v) is 18.5. The van der Waals surface area contributed by atoms with Crippen molar-refractivity contribution in [3.63, 3.8) is 0 Å². The van der Waals surface area contributed by atoms with Crippen LogP contribution in [-0.2, 0) is 24.0 Å². The van der Waals surface area contributed by atoms with Gasteiger partial charge in [-0.15, -0.1) is 13.2 Å². The predicted molar refractivity (Wildman–Crippen MR) is 123 cm³/mol. The van der Waals surface area contributed by atoms with Crippen molar-refractivity contribution in [3.8, 4) is 17.0 Å². The number of benzene rings is 3. The number of nitrogens with zero attached hydrogens (tertiary/aromatic N) is 1. The molecule has 0 fully saturated rings. The maximum absolute atomic E-state index is 15.2. The average molecular weight is 469 g/mol. The summed E-state index contributed by atoms with van der Waals surface area (Å²) in [5.41, 5.74) is 4.15. The van der Waals surface area contributed by atoms with Gasteiger partial charge in [-0.1, -0.05) is 42.5 Å². The molecule has 0 aliphatic heterocycles. The van der Waals surface area contributed by atoms with Gasteiger partial charge in [-0.25, -0.2) is 4.39 Å². The maximum atomic E-state index is 15.2. The van der Waals surface area contributed by atoms with Crippen LogP contribution in [0, 0.1) is 5.82 Å².